The average Bonchev–Trinajstić information content (AvgIpc) is 2.99. The molecule has 0 unspecified atom stereocenters. The molecule has 0 amide bonds. The van der Waals surface area contributed by atoms with E-state index in [2.05, 4.69) is 5.10 Å². The minimum Gasteiger partial charge on any atom is -0.264 e. The molecule has 1 aliphatic rings. The number of nitrogens with zero attached hydrogens (tertiary/aromatic N) is 2. The van der Waals surface area contributed by atoms with Gasteiger partial charge in [0, 0.05) is 6.54 Å². The van der Waals surface area contributed by atoms with E-state index in [1.54, 1.807) is 6.20 Å². The SMILES string of the molecule is CC(C)c1ccc2c(cnn2CC2CC2)c1F. The number of fused-ring (bicyclic) bond motifs is 1. The Bertz CT molecular complexity index is 553. The van der Waals surface area contributed by atoms with Gasteiger partial charge >= 0.3 is 0 Å². The summed E-state index contributed by atoms with van der Waals surface area (Å²) < 4.78 is 16.2. The Labute approximate surface area is 100 Å². The first-order valence-electron chi connectivity index (χ1n) is 6.30. The van der Waals surface area contributed by atoms with E-state index in [0.29, 0.717) is 5.39 Å². The zero-order chi connectivity index (χ0) is 12.0. The number of aromatic nitrogens is 2. The number of benzene rings is 1. The van der Waals surface area contributed by atoms with Gasteiger partial charge in [0.15, 0.2) is 0 Å². The van der Waals surface area contributed by atoms with Crippen LogP contribution in [0.25, 0.3) is 10.9 Å². The summed E-state index contributed by atoms with van der Waals surface area (Å²) in [6.07, 6.45) is 4.24. The third-order valence-electron chi connectivity index (χ3n) is 3.54. The quantitative estimate of drug-likeness (QED) is 0.788. The van der Waals surface area contributed by atoms with Gasteiger partial charge in [-0.3, -0.25) is 4.68 Å². The lowest BCUT2D eigenvalue weighted by atomic mass is 10.0. The topological polar surface area (TPSA) is 17.8 Å². The molecule has 0 atom stereocenters. The summed E-state index contributed by atoms with van der Waals surface area (Å²) >= 11 is 0. The standard InChI is InChI=1S/C14H17FN2/c1-9(2)11-5-6-13-12(14(11)15)7-16-17(13)8-10-3-4-10/h5-7,9-10H,3-4,8H2,1-2H3. The van der Waals surface area contributed by atoms with E-state index in [-0.39, 0.29) is 11.7 Å². The fraction of sp³-hybridized carbons (Fsp3) is 0.500. The predicted octanol–water partition coefficient (Wildman–Crippen LogP) is 3.71. The van der Waals surface area contributed by atoms with Crippen molar-refractivity contribution in [3.05, 3.63) is 29.7 Å². The predicted molar refractivity (Wildman–Crippen MR) is 66.5 cm³/mol. The molecule has 0 radical (unpaired) electrons. The van der Waals surface area contributed by atoms with Gasteiger partial charge in [-0.2, -0.15) is 5.10 Å². The van der Waals surface area contributed by atoms with Gasteiger partial charge in [0.2, 0.25) is 0 Å². The van der Waals surface area contributed by atoms with Crippen LogP contribution in [0.3, 0.4) is 0 Å². The smallest absolute Gasteiger partial charge is 0.137 e. The Balaban J connectivity index is 2.08. The van der Waals surface area contributed by atoms with Crippen molar-refractivity contribution in [2.75, 3.05) is 0 Å². The van der Waals surface area contributed by atoms with E-state index in [1.807, 2.05) is 30.7 Å². The summed E-state index contributed by atoms with van der Waals surface area (Å²) in [4.78, 5) is 0. The van der Waals surface area contributed by atoms with Gasteiger partial charge in [-0.25, -0.2) is 4.39 Å². The molecule has 1 fully saturated rings. The second-order valence-corrected chi connectivity index (χ2v) is 5.33. The van der Waals surface area contributed by atoms with E-state index in [0.717, 1.165) is 23.5 Å². The molecule has 3 rings (SSSR count). The van der Waals surface area contributed by atoms with Crippen molar-refractivity contribution < 1.29 is 4.39 Å². The lowest BCUT2D eigenvalue weighted by Gasteiger charge is -2.08. The lowest BCUT2D eigenvalue weighted by Crippen LogP contribution is -2.01. The third kappa shape index (κ3) is 1.84. The monoisotopic (exact) mass is 232 g/mol. The van der Waals surface area contributed by atoms with Crippen LogP contribution >= 0.6 is 0 Å². The average molecular weight is 232 g/mol. The highest BCUT2D eigenvalue weighted by Gasteiger charge is 2.23. The molecule has 1 heterocycles. The van der Waals surface area contributed by atoms with Crippen molar-refractivity contribution in [3.8, 4) is 0 Å². The minimum absolute atomic E-state index is 0.0976. The number of hydrogen-bond acceptors (Lipinski definition) is 1. The molecule has 1 aromatic carbocycles. The van der Waals surface area contributed by atoms with Crippen LogP contribution in [0, 0.1) is 11.7 Å². The van der Waals surface area contributed by atoms with Gasteiger partial charge in [0.05, 0.1) is 17.1 Å². The summed E-state index contributed by atoms with van der Waals surface area (Å²) in [5, 5.41) is 4.98. The molecule has 1 saturated carbocycles. The first-order chi connectivity index (χ1) is 8.16. The summed E-state index contributed by atoms with van der Waals surface area (Å²) in [7, 11) is 0. The van der Waals surface area contributed by atoms with Crippen LogP contribution in [0.1, 0.15) is 38.2 Å². The van der Waals surface area contributed by atoms with Crippen molar-refractivity contribution in [1.29, 1.82) is 0 Å². The number of rotatable bonds is 3. The molecule has 2 aromatic rings. The fourth-order valence-corrected chi connectivity index (χ4v) is 2.27. The van der Waals surface area contributed by atoms with Crippen LogP contribution in [0.5, 0.6) is 0 Å². The molecule has 1 aromatic heterocycles. The maximum atomic E-state index is 14.2. The van der Waals surface area contributed by atoms with E-state index < -0.39 is 0 Å². The molecule has 0 spiro atoms. The minimum atomic E-state index is -0.0976. The maximum absolute atomic E-state index is 14.2. The largest absolute Gasteiger partial charge is 0.264 e. The fourth-order valence-electron chi connectivity index (χ4n) is 2.27. The number of hydrogen-bond donors (Lipinski definition) is 0. The first-order valence-corrected chi connectivity index (χ1v) is 6.30. The van der Waals surface area contributed by atoms with Crippen LogP contribution in [-0.2, 0) is 6.54 Å². The second kappa shape index (κ2) is 3.83. The molecular formula is C14H17FN2. The Morgan fingerprint density at radius 2 is 2.18 bits per heavy atom. The molecule has 3 heteroatoms. The van der Waals surface area contributed by atoms with Crippen LogP contribution in [0.15, 0.2) is 18.3 Å². The van der Waals surface area contributed by atoms with Gasteiger partial charge in [-0.15, -0.1) is 0 Å². The van der Waals surface area contributed by atoms with E-state index in [4.69, 9.17) is 0 Å². The maximum Gasteiger partial charge on any atom is 0.137 e. The van der Waals surface area contributed by atoms with Gasteiger partial charge in [0.25, 0.3) is 0 Å². The Kier molecular flexibility index (Phi) is 2.42. The highest BCUT2D eigenvalue weighted by Crippen LogP contribution is 2.32. The van der Waals surface area contributed by atoms with Crippen molar-refractivity contribution >= 4 is 10.9 Å². The molecule has 2 nitrogen and oxygen atoms in total. The van der Waals surface area contributed by atoms with Gasteiger partial charge in [-0.05, 0) is 36.3 Å². The second-order valence-electron chi connectivity index (χ2n) is 5.33. The molecule has 1 aliphatic carbocycles. The third-order valence-corrected chi connectivity index (χ3v) is 3.54. The highest BCUT2D eigenvalue weighted by molar-refractivity contribution is 5.80. The van der Waals surface area contributed by atoms with Crippen LogP contribution in [0.2, 0.25) is 0 Å². The Hall–Kier alpha value is -1.38. The Morgan fingerprint density at radius 3 is 2.82 bits per heavy atom. The summed E-state index contributed by atoms with van der Waals surface area (Å²) in [6, 6.07) is 3.90. The summed E-state index contributed by atoms with van der Waals surface area (Å²) in [5.74, 6) is 0.872. The molecule has 0 N–H and O–H groups in total. The number of halogens is 1. The molecule has 90 valence electrons. The van der Waals surface area contributed by atoms with E-state index >= 15 is 0 Å². The van der Waals surface area contributed by atoms with Gasteiger partial charge in [-0.1, -0.05) is 19.9 Å². The van der Waals surface area contributed by atoms with Crippen LogP contribution < -0.4 is 0 Å². The van der Waals surface area contributed by atoms with Crippen LogP contribution in [-0.4, -0.2) is 9.78 Å². The lowest BCUT2D eigenvalue weighted by molar-refractivity contribution is 0.579. The van der Waals surface area contributed by atoms with Gasteiger partial charge < -0.3 is 0 Å². The summed E-state index contributed by atoms with van der Waals surface area (Å²) in [6.45, 7) is 4.96. The molecule has 0 aliphatic heterocycles. The van der Waals surface area contributed by atoms with Crippen molar-refractivity contribution in [2.45, 2.75) is 39.2 Å². The molecule has 0 saturated heterocycles. The zero-order valence-electron chi connectivity index (χ0n) is 10.3. The van der Waals surface area contributed by atoms with Crippen molar-refractivity contribution in [1.82, 2.24) is 9.78 Å². The van der Waals surface area contributed by atoms with Crippen LogP contribution in [0.4, 0.5) is 4.39 Å². The first kappa shape index (κ1) is 10.8. The Morgan fingerprint density at radius 1 is 1.41 bits per heavy atom. The van der Waals surface area contributed by atoms with Crippen molar-refractivity contribution in [2.24, 2.45) is 5.92 Å². The van der Waals surface area contributed by atoms with Crippen molar-refractivity contribution in [3.63, 3.8) is 0 Å². The van der Waals surface area contributed by atoms with E-state index in [9.17, 15) is 4.39 Å². The molecular weight excluding hydrogens is 215 g/mol. The normalized spacial score (nSPS) is 16.0. The molecule has 17 heavy (non-hydrogen) atoms. The highest BCUT2D eigenvalue weighted by atomic mass is 19.1. The zero-order valence-corrected chi connectivity index (χ0v) is 10.3. The van der Waals surface area contributed by atoms with Gasteiger partial charge in [0.1, 0.15) is 5.82 Å². The van der Waals surface area contributed by atoms with E-state index in [1.165, 1.54) is 12.8 Å². The molecule has 0 bridgehead atoms. The summed E-state index contributed by atoms with van der Waals surface area (Å²) in [5.41, 5.74) is 1.71.